The highest BCUT2D eigenvalue weighted by Gasteiger charge is 2.31. The van der Waals surface area contributed by atoms with Crippen LogP contribution in [0.3, 0.4) is 0 Å². The second-order valence-corrected chi connectivity index (χ2v) is 4.39. The Morgan fingerprint density at radius 3 is 2.29 bits per heavy atom. The zero-order valence-corrected chi connectivity index (χ0v) is 10.6. The van der Waals surface area contributed by atoms with E-state index in [4.69, 9.17) is 5.84 Å². The molecule has 0 heterocycles. The minimum absolute atomic E-state index is 0.0433. The summed E-state index contributed by atoms with van der Waals surface area (Å²) < 4.78 is 64.7. The SMILES string of the molecule is NNC(c1cccc(C(F)(F)F)c1)c1ccc(F)cc1F. The summed E-state index contributed by atoms with van der Waals surface area (Å²) >= 11 is 0. The molecule has 0 bridgehead atoms. The van der Waals surface area contributed by atoms with Crippen LogP contribution in [0.4, 0.5) is 22.0 Å². The van der Waals surface area contributed by atoms with E-state index in [0.717, 1.165) is 24.3 Å². The molecule has 0 spiro atoms. The fourth-order valence-electron chi connectivity index (χ4n) is 2.00. The molecule has 1 unspecified atom stereocenters. The fourth-order valence-corrected chi connectivity index (χ4v) is 2.00. The van der Waals surface area contributed by atoms with Crippen molar-refractivity contribution in [3.05, 3.63) is 70.8 Å². The van der Waals surface area contributed by atoms with E-state index in [0.29, 0.717) is 6.07 Å². The quantitative estimate of drug-likeness (QED) is 0.517. The number of nitrogens with two attached hydrogens (primary N) is 1. The first kappa shape index (κ1) is 15.4. The lowest BCUT2D eigenvalue weighted by Gasteiger charge is -2.19. The Morgan fingerprint density at radius 1 is 1.00 bits per heavy atom. The Labute approximate surface area is 117 Å². The van der Waals surface area contributed by atoms with Gasteiger partial charge in [-0.3, -0.25) is 5.84 Å². The third-order valence-corrected chi connectivity index (χ3v) is 2.99. The summed E-state index contributed by atoms with van der Waals surface area (Å²) in [4.78, 5) is 0. The van der Waals surface area contributed by atoms with Crippen molar-refractivity contribution in [2.45, 2.75) is 12.2 Å². The number of hydrogen-bond donors (Lipinski definition) is 2. The van der Waals surface area contributed by atoms with Crippen LogP contribution in [0.15, 0.2) is 42.5 Å². The molecule has 2 rings (SSSR count). The topological polar surface area (TPSA) is 38.0 Å². The molecule has 0 fully saturated rings. The number of halogens is 5. The van der Waals surface area contributed by atoms with Crippen molar-refractivity contribution < 1.29 is 22.0 Å². The number of benzene rings is 2. The van der Waals surface area contributed by atoms with Crippen LogP contribution in [0.5, 0.6) is 0 Å². The van der Waals surface area contributed by atoms with Crippen LogP contribution in [-0.2, 0) is 6.18 Å². The van der Waals surface area contributed by atoms with Crippen LogP contribution in [0.25, 0.3) is 0 Å². The first-order valence-corrected chi connectivity index (χ1v) is 5.91. The van der Waals surface area contributed by atoms with Crippen LogP contribution in [0.2, 0.25) is 0 Å². The highest BCUT2D eigenvalue weighted by molar-refractivity contribution is 5.35. The standard InChI is InChI=1S/C14H11F5N2/c15-10-4-5-11(12(16)7-10)13(21-20)8-2-1-3-9(6-8)14(17,18)19/h1-7,13,21H,20H2. The van der Waals surface area contributed by atoms with E-state index < -0.39 is 29.4 Å². The third-order valence-electron chi connectivity index (χ3n) is 2.99. The van der Waals surface area contributed by atoms with Gasteiger partial charge in [0.2, 0.25) is 0 Å². The van der Waals surface area contributed by atoms with Crippen molar-refractivity contribution in [2.75, 3.05) is 0 Å². The highest BCUT2D eigenvalue weighted by Crippen LogP contribution is 2.32. The second-order valence-electron chi connectivity index (χ2n) is 4.39. The molecule has 2 aromatic carbocycles. The lowest BCUT2D eigenvalue weighted by molar-refractivity contribution is -0.137. The van der Waals surface area contributed by atoms with E-state index >= 15 is 0 Å². The summed E-state index contributed by atoms with van der Waals surface area (Å²) in [5.41, 5.74) is 1.45. The van der Waals surface area contributed by atoms with E-state index in [9.17, 15) is 22.0 Å². The molecule has 0 saturated heterocycles. The molecule has 0 aliphatic heterocycles. The first-order valence-electron chi connectivity index (χ1n) is 5.91. The van der Waals surface area contributed by atoms with Crippen molar-refractivity contribution in [3.8, 4) is 0 Å². The molecule has 1 atom stereocenters. The first-order chi connectivity index (χ1) is 9.82. The molecule has 0 saturated carbocycles. The normalized spacial score (nSPS) is 13.2. The summed E-state index contributed by atoms with van der Waals surface area (Å²) in [6, 6.07) is 6.12. The molecule has 0 radical (unpaired) electrons. The summed E-state index contributed by atoms with van der Waals surface area (Å²) in [5.74, 6) is 3.64. The number of hydrazine groups is 1. The van der Waals surface area contributed by atoms with E-state index in [1.165, 1.54) is 12.1 Å². The predicted molar refractivity (Wildman–Crippen MR) is 67.0 cm³/mol. The predicted octanol–water partition coefficient (Wildman–Crippen LogP) is 3.54. The van der Waals surface area contributed by atoms with Crippen LogP contribution in [0.1, 0.15) is 22.7 Å². The van der Waals surface area contributed by atoms with Crippen LogP contribution >= 0.6 is 0 Å². The number of alkyl halides is 3. The van der Waals surface area contributed by atoms with Gasteiger partial charge in [-0.15, -0.1) is 0 Å². The third kappa shape index (κ3) is 3.37. The van der Waals surface area contributed by atoms with Crippen molar-refractivity contribution in [3.63, 3.8) is 0 Å². The Bertz CT molecular complexity index is 640. The molecule has 0 aliphatic rings. The van der Waals surface area contributed by atoms with Gasteiger partial charge in [0.05, 0.1) is 11.6 Å². The van der Waals surface area contributed by atoms with Crippen molar-refractivity contribution in [2.24, 2.45) is 5.84 Å². The van der Waals surface area contributed by atoms with E-state index in [-0.39, 0.29) is 11.1 Å². The van der Waals surface area contributed by atoms with Crippen molar-refractivity contribution in [1.82, 2.24) is 5.43 Å². The lowest BCUT2D eigenvalue weighted by atomic mass is 9.97. The maximum absolute atomic E-state index is 13.7. The summed E-state index contributed by atoms with van der Waals surface area (Å²) in [5, 5.41) is 0. The largest absolute Gasteiger partial charge is 0.416 e. The van der Waals surface area contributed by atoms with Crippen molar-refractivity contribution in [1.29, 1.82) is 0 Å². The van der Waals surface area contributed by atoms with E-state index in [2.05, 4.69) is 5.43 Å². The Balaban J connectivity index is 2.47. The van der Waals surface area contributed by atoms with Gasteiger partial charge in [-0.25, -0.2) is 14.2 Å². The maximum atomic E-state index is 13.7. The average Bonchev–Trinajstić information content (AvgIpc) is 2.41. The average molecular weight is 302 g/mol. The molecule has 2 nitrogen and oxygen atoms in total. The van der Waals surface area contributed by atoms with E-state index in [1.54, 1.807) is 0 Å². The van der Waals surface area contributed by atoms with Gasteiger partial charge >= 0.3 is 6.18 Å². The smallest absolute Gasteiger partial charge is 0.271 e. The zero-order chi connectivity index (χ0) is 15.6. The lowest BCUT2D eigenvalue weighted by Crippen LogP contribution is -2.29. The second kappa shape index (κ2) is 5.79. The Kier molecular flexibility index (Phi) is 4.24. The zero-order valence-electron chi connectivity index (χ0n) is 10.6. The molecule has 0 aliphatic carbocycles. The van der Waals surface area contributed by atoms with Gasteiger partial charge in [0, 0.05) is 11.6 Å². The molecule has 0 aromatic heterocycles. The van der Waals surface area contributed by atoms with Gasteiger partial charge in [-0.2, -0.15) is 13.2 Å². The van der Waals surface area contributed by atoms with Gasteiger partial charge < -0.3 is 0 Å². The number of hydrogen-bond acceptors (Lipinski definition) is 2. The van der Waals surface area contributed by atoms with E-state index in [1.807, 2.05) is 0 Å². The van der Waals surface area contributed by atoms with Crippen LogP contribution in [-0.4, -0.2) is 0 Å². The summed E-state index contributed by atoms with van der Waals surface area (Å²) in [6.45, 7) is 0. The summed E-state index contributed by atoms with van der Waals surface area (Å²) in [7, 11) is 0. The van der Waals surface area contributed by atoms with Gasteiger partial charge in [-0.1, -0.05) is 18.2 Å². The molecule has 7 heteroatoms. The highest BCUT2D eigenvalue weighted by atomic mass is 19.4. The van der Waals surface area contributed by atoms with Crippen LogP contribution in [0, 0.1) is 11.6 Å². The van der Waals surface area contributed by atoms with Gasteiger partial charge in [0.15, 0.2) is 0 Å². The molecule has 3 N–H and O–H groups in total. The fraction of sp³-hybridized carbons (Fsp3) is 0.143. The molecular formula is C14H11F5N2. The molecule has 2 aromatic rings. The maximum Gasteiger partial charge on any atom is 0.416 e. The molecule has 21 heavy (non-hydrogen) atoms. The van der Waals surface area contributed by atoms with Gasteiger partial charge in [0.25, 0.3) is 0 Å². The van der Waals surface area contributed by atoms with Gasteiger partial charge in [-0.05, 0) is 23.8 Å². The van der Waals surface area contributed by atoms with Gasteiger partial charge in [0.1, 0.15) is 11.6 Å². The van der Waals surface area contributed by atoms with Crippen LogP contribution < -0.4 is 11.3 Å². The minimum atomic E-state index is -4.52. The monoisotopic (exact) mass is 302 g/mol. The van der Waals surface area contributed by atoms with Crippen molar-refractivity contribution >= 4 is 0 Å². The minimum Gasteiger partial charge on any atom is -0.271 e. The Hall–Kier alpha value is -1.99. The number of nitrogens with one attached hydrogen (secondary N) is 1. The summed E-state index contributed by atoms with van der Waals surface area (Å²) in [6.07, 6.45) is -4.52. The Morgan fingerprint density at radius 2 is 1.71 bits per heavy atom. The molecular weight excluding hydrogens is 291 g/mol. The molecule has 0 amide bonds. The molecule has 112 valence electrons. The number of rotatable bonds is 3.